The molecule has 1 N–H and O–H groups in total. The average molecular weight is 324 g/mol. The highest BCUT2D eigenvalue weighted by Crippen LogP contribution is 2.26. The zero-order valence-electron chi connectivity index (χ0n) is 13.6. The molecule has 0 aromatic carbocycles. The van der Waals surface area contributed by atoms with Gasteiger partial charge in [-0.15, -0.1) is 0 Å². The van der Waals surface area contributed by atoms with E-state index in [4.69, 9.17) is 4.42 Å². The maximum Gasteiger partial charge on any atom is 0.227 e. The number of nitrogens with one attached hydrogen (secondary N) is 1. The Hall–Kier alpha value is -2.83. The molecule has 4 heterocycles. The van der Waals surface area contributed by atoms with Crippen LogP contribution in [0.2, 0.25) is 0 Å². The van der Waals surface area contributed by atoms with Crippen LogP contribution in [0.25, 0.3) is 11.0 Å². The molecule has 0 bridgehead atoms. The van der Waals surface area contributed by atoms with E-state index in [2.05, 4.69) is 37.0 Å². The third kappa shape index (κ3) is 2.73. The maximum absolute atomic E-state index is 5.47. The van der Waals surface area contributed by atoms with Crippen molar-refractivity contribution in [2.45, 2.75) is 6.92 Å². The van der Waals surface area contributed by atoms with Crippen molar-refractivity contribution < 1.29 is 4.42 Å². The molecule has 124 valence electrons. The molecule has 24 heavy (non-hydrogen) atoms. The molecule has 7 heteroatoms. The van der Waals surface area contributed by atoms with Crippen LogP contribution in [0.5, 0.6) is 0 Å². The predicted molar refractivity (Wildman–Crippen MR) is 94.6 cm³/mol. The fourth-order valence-electron chi connectivity index (χ4n) is 3.03. The smallest absolute Gasteiger partial charge is 0.227 e. The fraction of sp³-hybridized carbons (Fsp3) is 0.353. The van der Waals surface area contributed by atoms with Crippen molar-refractivity contribution in [1.82, 2.24) is 15.0 Å². The van der Waals surface area contributed by atoms with E-state index in [0.717, 1.165) is 61.3 Å². The monoisotopic (exact) mass is 324 g/mol. The standard InChI is InChI=1S/C17H20N6O/c1-2-18-15-4-7-20-17(21-15)23-10-8-22(9-11-23)16-13-5-12-24-14(13)3-6-19-16/h3-7,12H,2,8-11H2,1H3,(H,18,20,21). The summed E-state index contributed by atoms with van der Waals surface area (Å²) in [6.45, 7) is 6.41. The molecule has 0 amide bonds. The van der Waals surface area contributed by atoms with Gasteiger partial charge >= 0.3 is 0 Å². The lowest BCUT2D eigenvalue weighted by molar-refractivity contribution is 0.614. The molecule has 3 aromatic heterocycles. The van der Waals surface area contributed by atoms with Gasteiger partial charge in [0, 0.05) is 45.1 Å². The van der Waals surface area contributed by atoms with E-state index in [1.54, 1.807) is 18.7 Å². The number of furan rings is 1. The van der Waals surface area contributed by atoms with Crippen LogP contribution >= 0.6 is 0 Å². The number of fused-ring (bicyclic) bond motifs is 1. The number of hydrogen-bond donors (Lipinski definition) is 1. The van der Waals surface area contributed by atoms with Crippen LogP contribution in [0.15, 0.2) is 41.3 Å². The molecule has 0 aliphatic carbocycles. The van der Waals surface area contributed by atoms with E-state index in [-0.39, 0.29) is 0 Å². The molecule has 0 spiro atoms. The number of pyridine rings is 1. The lowest BCUT2D eigenvalue weighted by atomic mass is 10.2. The van der Waals surface area contributed by atoms with Gasteiger partial charge in [0.15, 0.2) is 0 Å². The normalized spacial score (nSPS) is 15.0. The largest absolute Gasteiger partial charge is 0.464 e. The van der Waals surface area contributed by atoms with Gasteiger partial charge < -0.3 is 19.5 Å². The minimum atomic E-state index is 0.780. The number of aromatic nitrogens is 3. The molecule has 0 unspecified atom stereocenters. The van der Waals surface area contributed by atoms with Crippen molar-refractivity contribution in [1.29, 1.82) is 0 Å². The Kier molecular flexibility index (Phi) is 3.90. The SMILES string of the molecule is CCNc1ccnc(N2CCN(c3nccc4occc34)CC2)n1. The van der Waals surface area contributed by atoms with Crippen molar-refractivity contribution in [3.05, 3.63) is 36.9 Å². The van der Waals surface area contributed by atoms with Crippen LogP contribution < -0.4 is 15.1 Å². The predicted octanol–water partition coefficient (Wildman–Crippen LogP) is 2.38. The number of piperazine rings is 1. The van der Waals surface area contributed by atoms with Gasteiger partial charge in [0.25, 0.3) is 0 Å². The molecule has 3 aromatic rings. The minimum Gasteiger partial charge on any atom is -0.464 e. The quantitative estimate of drug-likeness (QED) is 0.790. The molecule has 7 nitrogen and oxygen atoms in total. The van der Waals surface area contributed by atoms with Gasteiger partial charge in [-0.1, -0.05) is 0 Å². The van der Waals surface area contributed by atoms with E-state index in [1.165, 1.54) is 0 Å². The van der Waals surface area contributed by atoms with Crippen molar-refractivity contribution in [3.63, 3.8) is 0 Å². The molecule has 0 atom stereocenters. The lowest BCUT2D eigenvalue weighted by Gasteiger charge is -2.35. The van der Waals surface area contributed by atoms with Gasteiger partial charge in [-0.25, -0.2) is 9.97 Å². The summed E-state index contributed by atoms with van der Waals surface area (Å²) in [6, 6.07) is 5.77. The van der Waals surface area contributed by atoms with Crippen LogP contribution in [0, 0.1) is 0 Å². The zero-order valence-corrected chi connectivity index (χ0v) is 13.6. The highest BCUT2D eigenvalue weighted by Gasteiger charge is 2.21. The first kappa shape index (κ1) is 14.7. The summed E-state index contributed by atoms with van der Waals surface area (Å²) >= 11 is 0. The van der Waals surface area contributed by atoms with E-state index >= 15 is 0 Å². The van der Waals surface area contributed by atoms with Gasteiger partial charge in [-0.05, 0) is 25.1 Å². The number of rotatable bonds is 4. The van der Waals surface area contributed by atoms with E-state index < -0.39 is 0 Å². The summed E-state index contributed by atoms with van der Waals surface area (Å²) in [5, 5.41) is 4.30. The average Bonchev–Trinajstić information content (AvgIpc) is 3.11. The summed E-state index contributed by atoms with van der Waals surface area (Å²) < 4.78 is 5.47. The Bertz CT molecular complexity index is 825. The third-order valence-electron chi connectivity index (χ3n) is 4.22. The third-order valence-corrected chi connectivity index (χ3v) is 4.22. The second kappa shape index (κ2) is 6.35. The van der Waals surface area contributed by atoms with Gasteiger partial charge in [0.1, 0.15) is 17.2 Å². The molecule has 1 aliphatic rings. The first-order chi connectivity index (χ1) is 11.8. The molecule has 1 aliphatic heterocycles. The molecular formula is C17H20N6O. The summed E-state index contributed by atoms with van der Waals surface area (Å²) in [6.07, 6.45) is 5.32. The first-order valence-corrected chi connectivity index (χ1v) is 8.24. The van der Waals surface area contributed by atoms with Gasteiger partial charge in [0.2, 0.25) is 5.95 Å². The first-order valence-electron chi connectivity index (χ1n) is 8.24. The highest BCUT2D eigenvalue weighted by molar-refractivity contribution is 5.88. The Balaban J connectivity index is 1.49. The van der Waals surface area contributed by atoms with Crippen LogP contribution in [0.3, 0.4) is 0 Å². The summed E-state index contributed by atoms with van der Waals surface area (Å²) in [5.74, 6) is 2.64. The molecule has 1 saturated heterocycles. The molecular weight excluding hydrogens is 304 g/mol. The minimum absolute atomic E-state index is 0.780. The fourth-order valence-corrected chi connectivity index (χ4v) is 3.03. The lowest BCUT2D eigenvalue weighted by Crippen LogP contribution is -2.47. The number of hydrogen-bond acceptors (Lipinski definition) is 7. The molecule has 1 fully saturated rings. The van der Waals surface area contributed by atoms with E-state index in [9.17, 15) is 0 Å². The van der Waals surface area contributed by atoms with Crippen LogP contribution in [-0.4, -0.2) is 47.7 Å². The second-order valence-electron chi connectivity index (χ2n) is 5.71. The number of anilines is 3. The van der Waals surface area contributed by atoms with Crippen molar-refractivity contribution in [2.75, 3.05) is 47.8 Å². The Morgan fingerprint density at radius 1 is 1.04 bits per heavy atom. The molecule has 4 rings (SSSR count). The zero-order chi connectivity index (χ0) is 16.4. The number of nitrogens with zero attached hydrogens (tertiary/aromatic N) is 5. The van der Waals surface area contributed by atoms with Crippen LogP contribution in [0.1, 0.15) is 6.92 Å². The van der Waals surface area contributed by atoms with Crippen molar-refractivity contribution in [2.24, 2.45) is 0 Å². The summed E-state index contributed by atoms with van der Waals surface area (Å²) in [7, 11) is 0. The topological polar surface area (TPSA) is 70.3 Å². The van der Waals surface area contributed by atoms with Gasteiger partial charge in [0.05, 0.1) is 11.6 Å². The van der Waals surface area contributed by atoms with Crippen molar-refractivity contribution >= 4 is 28.6 Å². The molecule has 0 saturated carbocycles. The maximum atomic E-state index is 5.47. The van der Waals surface area contributed by atoms with E-state index in [1.807, 2.05) is 18.2 Å². The summed E-state index contributed by atoms with van der Waals surface area (Å²) in [4.78, 5) is 18.0. The van der Waals surface area contributed by atoms with Gasteiger partial charge in [-0.2, -0.15) is 4.98 Å². The van der Waals surface area contributed by atoms with Crippen molar-refractivity contribution in [3.8, 4) is 0 Å². The second-order valence-corrected chi connectivity index (χ2v) is 5.71. The Morgan fingerprint density at radius 2 is 1.83 bits per heavy atom. The van der Waals surface area contributed by atoms with E-state index in [0.29, 0.717) is 0 Å². The highest BCUT2D eigenvalue weighted by atomic mass is 16.3. The Morgan fingerprint density at radius 3 is 2.67 bits per heavy atom. The Labute approximate surface area is 140 Å². The van der Waals surface area contributed by atoms with Crippen LogP contribution in [-0.2, 0) is 0 Å². The molecule has 0 radical (unpaired) electrons. The van der Waals surface area contributed by atoms with Crippen LogP contribution in [0.4, 0.5) is 17.6 Å². The summed E-state index contributed by atoms with van der Waals surface area (Å²) in [5.41, 5.74) is 0.879. The van der Waals surface area contributed by atoms with Gasteiger partial charge in [-0.3, -0.25) is 0 Å².